The van der Waals surface area contributed by atoms with E-state index in [1.807, 2.05) is 6.92 Å². The number of carbonyl (C=O) groups excluding carboxylic acids is 1. The lowest BCUT2D eigenvalue weighted by Crippen LogP contribution is -2.44. The maximum Gasteiger partial charge on any atom is 0.226 e. The number of carbonyl (C=O) groups is 1. The number of hydrogen-bond acceptors (Lipinski definition) is 5. The van der Waals surface area contributed by atoms with Gasteiger partial charge in [-0.3, -0.25) is 9.69 Å². The molecule has 2 aliphatic rings. The molecule has 162 valence electrons. The van der Waals surface area contributed by atoms with Gasteiger partial charge < -0.3 is 14.5 Å². The van der Waals surface area contributed by atoms with Crippen molar-refractivity contribution in [3.8, 4) is 11.5 Å². The third kappa shape index (κ3) is 5.10. The van der Waals surface area contributed by atoms with Crippen LogP contribution in [0.3, 0.4) is 0 Å². The number of nitrogens with one attached hydrogen (secondary N) is 1. The number of ether oxygens (including phenoxy) is 1. The summed E-state index contributed by atoms with van der Waals surface area (Å²) in [7, 11) is 0. The van der Waals surface area contributed by atoms with Crippen LogP contribution < -0.4 is 5.32 Å². The Bertz CT molecular complexity index is 840. The van der Waals surface area contributed by atoms with E-state index in [1.54, 1.807) is 0 Å². The summed E-state index contributed by atoms with van der Waals surface area (Å²) in [5.74, 6) is 1.72. The van der Waals surface area contributed by atoms with Crippen molar-refractivity contribution in [1.82, 2.24) is 15.2 Å². The maximum atomic E-state index is 12.6. The molecule has 0 saturated carbocycles. The van der Waals surface area contributed by atoms with E-state index in [2.05, 4.69) is 41.4 Å². The van der Waals surface area contributed by atoms with Crippen molar-refractivity contribution in [2.75, 3.05) is 26.2 Å². The van der Waals surface area contributed by atoms with Gasteiger partial charge in [0.15, 0.2) is 0 Å². The summed E-state index contributed by atoms with van der Waals surface area (Å²) < 4.78 is 11.6. The van der Waals surface area contributed by atoms with Gasteiger partial charge in [-0.2, -0.15) is 0 Å². The Balaban J connectivity index is 1.34. The van der Waals surface area contributed by atoms with Crippen molar-refractivity contribution in [1.29, 1.82) is 0 Å². The van der Waals surface area contributed by atoms with Gasteiger partial charge in [0.1, 0.15) is 5.76 Å². The number of aryl methyl sites for hydroxylation is 2. The third-order valence-electron chi connectivity index (χ3n) is 6.28. The van der Waals surface area contributed by atoms with Crippen LogP contribution in [-0.2, 0) is 22.5 Å². The van der Waals surface area contributed by atoms with Crippen molar-refractivity contribution in [3.05, 3.63) is 41.3 Å². The lowest BCUT2D eigenvalue weighted by molar-refractivity contribution is -0.127. The summed E-state index contributed by atoms with van der Waals surface area (Å²) in [6, 6.07) is 8.39. The molecular weight excluding hydrogens is 378 g/mol. The van der Waals surface area contributed by atoms with E-state index in [4.69, 9.17) is 14.1 Å². The fraction of sp³-hybridized carbons (Fsp3) is 0.583. The summed E-state index contributed by atoms with van der Waals surface area (Å²) in [5, 5.41) is 3.10. The molecule has 6 nitrogen and oxygen atoms in total. The Morgan fingerprint density at radius 2 is 2.07 bits per heavy atom. The first-order chi connectivity index (χ1) is 14.6. The van der Waals surface area contributed by atoms with Crippen molar-refractivity contribution in [2.24, 2.45) is 5.92 Å². The topological polar surface area (TPSA) is 67.6 Å². The van der Waals surface area contributed by atoms with Crippen LogP contribution in [0.25, 0.3) is 11.5 Å². The average molecular weight is 412 g/mol. The molecule has 6 heteroatoms. The Morgan fingerprint density at radius 3 is 2.80 bits per heavy atom. The van der Waals surface area contributed by atoms with Crippen molar-refractivity contribution < 1.29 is 13.9 Å². The van der Waals surface area contributed by atoms with E-state index < -0.39 is 0 Å². The minimum absolute atomic E-state index is 0.0356. The molecule has 2 saturated heterocycles. The molecule has 2 aromatic rings. The highest BCUT2D eigenvalue weighted by Gasteiger charge is 2.27. The summed E-state index contributed by atoms with van der Waals surface area (Å²) in [4.78, 5) is 19.7. The molecule has 2 atom stereocenters. The van der Waals surface area contributed by atoms with Crippen LogP contribution in [-0.4, -0.2) is 48.1 Å². The van der Waals surface area contributed by atoms with Crippen LogP contribution in [0.5, 0.6) is 0 Å². The quantitative estimate of drug-likeness (QED) is 0.752. The molecule has 3 heterocycles. The molecule has 4 rings (SSSR count). The summed E-state index contributed by atoms with van der Waals surface area (Å²) >= 11 is 0. The second-order valence-corrected chi connectivity index (χ2v) is 8.53. The van der Waals surface area contributed by atoms with Crippen LogP contribution in [0.15, 0.2) is 28.7 Å². The first-order valence-corrected chi connectivity index (χ1v) is 11.3. The fourth-order valence-electron chi connectivity index (χ4n) is 4.37. The van der Waals surface area contributed by atoms with E-state index in [1.165, 1.54) is 5.56 Å². The molecule has 30 heavy (non-hydrogen) atoms. The van der Waals surface area contributed by atoms with Gasteiger partial charge in [-0.25, -0.2) is 4.98 Å². The minimum Gasteiger partial charge on any atom is -0.441 e. The molecule has 1 N–H and O–H groups in total. The Morgan fingerprint density at radius 1 is 1.23 bits per heavy atom. The SMILES string of the molecule is CCc1ccc(-c2nc(CN3CCCC(C(=O)NCC4CCCO4)C3)c(C)o2)cc1. The van der Waals surface area contributed by atoms with E-state index in [0.717, 1.165) is 75.4 Å². The molecule has 0 radical (unpaired) electrons. The van der Waals surface area contributed by atoms with Gasteiger partial charge in [0, 0.05) is 31.8 Å². The van der Waals surface area contributed by atoms with Crippen LogP contribution in [0.2, 0.25) is 0 Å². The highest BCUT2D eigenvalue weighted by atomic mass is 16.5. The molecule has 2 fully saturated rings. The summed E-state index contributed by atoms with van der Waals surface area (Å²) in [6.07, 6.45) is 5.33. The molecular formula is C24H33N3O3. The number of rotatable bonds is 7. The fourth-order valence-corrected chi connectivity index (χ4v) is 4.37. The number of amides is 1. The predicted molar refractivity (Wildman–Crippen MR) is 116 cm³/mol. The first-order valence-electron chi connectivity index (χ1n) is 11.3. The number of nitrogens with zero attached hydrogens (tertiary/aromatic N) is 2. The monoisotopic (exact) mass is 411 g/mol. The number of hydrogen-bond donors (Lipinski definition) is 1. The number of piperidine rings is 1. The van der Waals surface area contributed by atoms with Gasteiger partial charge in [0.25, 0.3) is 0 Å². The maximum absolute atomic E-state index is 12.6. The molecule has 0 aliphatic carbocycles. The molecule has 0 spiro atoms. The van der Waals surface area contributed by atoms with Crippen molar-refractivity contribution in [3.63, 3.8) is 0 Å². The standard InChI is InChI=1S/C24H33N3O3/c1-3-18-8-10-19(11-9-18)24-26-22(17(2)30-24)16-27-12-4-6-20(15-27)23(28)25-14-21-7-5-13-29-21/h8-11,20-21H,3-7,12-16H2,1-2H3,(H,25,28). The summed E-state index contributed by atoms with van der Waals surface area (Å²) in [5.41, 5.74) is 3.27. The zero-order valence-corrected chi connectivity index (χ0v) is 18.2. The highest BCUT2D eigenvalue weighted by molar-refractivity contribution is 5.79. The van der Waals surface area contributed by atoms with E-state index in [0.29, 0.717) is 12.4 Å². The minimum atomic E-state index is 0.0356. The number of aromatic nitrogens is 1. The molecule has 0 bridgehead atoms. The summed E-state index contributed by atoms with van der Waals surface area (Å²) in [6.45, 7) is 8.06. The van der Waals surface area contributed by atoms with Gasteiger partial charge in [-0.1, -0.05) is 19.1 Å². The molecule has 1 aromatic heterocycles. The number of oxazole rings is 1. The third-order valence-corrected chi connectivity index (χ3v) is 6.28. The van der Waals surface area contributed by atoms with Gasteiger partial charge in [0.2, 0.25) is 11.8 Å². The van der Waals surface area contributed by atoms with Crippen molar-refractivity contribution >= 4 is 5.91 Å². The van der Waals surface area contributed by atoms with Crippen LogP contribution in [0.1, 0.15) is 49.6 Å². The smallest absolute Gasteiger partial charge is 0.226 e. The van der Waals surface area contributed by atoms with Gasteiger partial charge in [-0.15, -0.1) is 0 Å². The zero-order valence-electron chi connectivity index (χ0n) is 18.2. The number of likely N-dealkylation sites (tertiary alicyclic amines) is 1. The van der Waals surface area contributed by atoms with E-state index in [-0.39, 0.29) is 17.9 Å². The largest absolute Gasteiger partial charge is 0.441 e. The Hall–Kier alpha value is -2.18. The highest BCUT2D eigenvalue weighted by Crippen LogP contribution is 2.25. The van der Waals surface area contributed by atoms with Crippen molar-refractivity contribution in [2.45, 2.75) is 58.6 Å². The number of benzene rings is 1. The lowest BCUT2D eigenvalue weighted by atomic mass is 9.97. The molecule has 1 amide bonds. The normalized spacial score (nSPS) is 22.3. The molecule has 1 aromatic carbocycles. The van der Waals surface area contributed by atoms with Crippen LogP contribution >= 0.6 is 0 Å². The van der Waals surface area contributed by atoms with E-state index >= 15 is 0 Å². The van der Waals surface area contributed by atoms with Crippen LogP contribution in [0, 0.1) is 12.8 Å². The molecule has 2 unspecified atom stereocenters. The molecule has 2 aliphatic heterocycles. The average Bonchev–Trinajstić information content (AvgIpc) is 3.42. The Kier molecular flexibility index (Phi) is 6.85. The first kappa shape index (κ1) is 21.1. The van der Waals surface area contributed by atoms with Gasteiger partial charge in [0.05, 0.1) is 17.7 Å². The van der Waals surface area contributed by atoms with Gasteiger partial charge in [-0.05, 0) is 63.3 Å². The lowest BCUT2D eigenvalue weighted by Gasteiger charge is -2.31. The van der Waals surface area contributed by atoms with E-state index in [9.17, 15) is 4.79 Å². The van der Waals surface area contributed by atoms with Crippen LogP contribution in [0.4, 0.5) is 0 Å². The predicted octanol–water partition coefficient (Wildman–Crippen LogP) is 3.72. The Labute approximate surface area is 179 Å². The second-order valence-electron chi connectivity index (χ2n) is 8.53. The zero-order chi connectivity index (χ0) is 20.9. The second kappa shape index (κ2) is 9.75. The van der Waals surface area contributed by atoms with Gasteiger partial charge >= 0.3 is 0 Å².